The number of nitrogens with one attached hydrogen (secondary N) is 1. The third-order valence-electron chi connectivity index (χ3n) is 3.14. The van der Waals surface area contributed by atoms with Gasteiger partial charge in [-0.1, -0.05) is 6.92 Å². The Morgan fingerprint density at radius 1 is 1.27 bits per heavy atom. The summed E-state index contributed by atoms with van der Waals surface area (Å²) in [6.07, 6.45) is 2.16. The molecule has 1 aliphatic rings. The van der Waals surface area contributed by atoms with Crippen LogP contribution in [0.15, 0.2) is 0 Å². The fourth-order valence-electron chi connectivity index (χ4n) is 1.96. The van der Waals surface area contributed by atoms with Crippen molar-refractivity contribution in [2.75, 3.05) is 20.1 Å². The lowest BCUT2D eigenvalue weighted by atomic mass is 9.97. The molecule has 15 heavy (non-hydrogen) atoms. The Labute approximate surface area is 91.0 Å². The van der Waals surface area contributed by atoms with Crippen molar-refractivity contribution in [3.63, 3.8) is 0 Å². The number of hydrogen-bond acceptors (Lipinski definition) is 3. The standard InChI is InChI=1S/C11H20N2O2/c1-8(9(2)14)10(12-3)11(15)13-6-4-5-7-13/h8,10,12H,4-7H2,1-3H3/t8-,10-/m0/s1. The van der Waals surface area contributed by atoms with E-state index in [1.54, 1.807) is 14.0 Å². The molecular weight excluding hydrogens is 192 g/mol. The van der Waals surface area contributed by atoms with Crippen LogP contribution in [0.1, 0.15) is 26.7 Å². The van der Waals surface area contributed by atoms with Crippen molar-refractivity contribution in [3.8, 4) is 0 Å². The van der Waals surface area contributed by atoms with E-state index in [1.807, 2.05) is 4.90 Å². The number of carbonyl (C=O) groups excluding carboxylic acids is 2. The first kappa shape index (κ1) is 12.2. The molecule has 1 heterocycles. The molecule has 1 fully saturated rings. The Morgan fingerprint density at radius 3 is 2.20 bits per heavy atom. The van der Waals surface area contributed by atoms with Gasteiger partial charge in [-0.3, -0.25) is 9.59 Å². The van der Waals surface area contributed by atoms with Crippen LogP contribution in [-0.2, 0) is 9.59 Å². The molecule has 0 unspecified atom stereocenters. The molecule has 0 aromatic heterocycles. The molecule has 1 N–H and O–H groups in total. The summed E-state index contributed by atoms with van der Waals surface area (Å²) in [5.74, 6) is -0.123. The van der Waals surface area contributed by atoms with Gasteiger partial charge in [-0.25, -0.2) is 0 Å². The molecule has 0 aliphatic carbocycles. The normalized spacial score (nSPS) is 20.1. The number of hydrogen-bond donors (Lipinski definition) is 1. The van der Waals surface area contributed by atoms with Gasteiger partial charge < -0.3 is 10.2 Å². The minimum Gasteiger partial charge on any atom is -0.341 e. The molecule has 4 nitrogen and oxygen atoms in total. The van der Waals surface area contributed by atoms with Gasteiger partial charge in [-0.15, -0.1) is 0 Å². The summed E-state index contributed by atoms with van der Waals surface area (Å²) >= 11 is 0. The van der Waals surface area contributed by atoms with Gasteiger partial charge in [0.05, 0.1) is 6.04 Å². The lowest BCUT2D eigenvalue weighted by Gasteiger charge is -2.25. The summed E-state index contributed by atoms with van der Waals surface area (Å²) in [6, 6.07) is -0.361. The molecule has 1 aliphatic heterocycles. The zero-order valence-corrected chi connectivity index (χ0v) is 9.75. The summed E-state index contributed by atoms with van der Waals surface area (Å²) in [4.78, 5) is 25.1. The van der Waals surface area contributed by atoms with Gasteiger partial charge in [0.25, 0.3) is 0 Å². The molecule has 0 aromatic carbocycles. The predicted octanol–water partition coefficient (Wildman–Crippen LogP) is 0.422. The van der Waals surface area contributed by atoms with E-state index >= 15 is 0 Å². The fourth-order valence-corrected chi connectivity index (χ4v) is 1.96. The van der Waals surface area contributed by atoms with Crippen LogP contribution in [0, 0.1) is 5.92 Å². The van der Waals surface area contributed by atoms with Gasteiger partial charge in [0.15, 0.2) is 0 Å². The number of likely N-dealkylation sites (N-methyl/N-ethyl adjacent to an activating group) is 1. The molecule has 0 aromatic rings. The zero-order chi connectivity index (χ0) is 11.4. The second-order valence-electron chi connectivity index (χ2n) is 4.20. The second kappa shape index (κ2) is 5.26. The van der Waals surface area contributed by atoms with Gasteiger partial charge in [0.1, 0.15) is 5.78 Å². The van der Waals surface area contributed by atoms with E-state index in [0.717, 1.165) is 25.9 Å². The third-order valence-corrected chi connectivity index (χ3v) is 3.14. The van der Waals surface area contributed by atoms with Crippen LogP contribution in [0.2, 0.25) is 0 Å². The SMILES string of the molecule is CN[C@H](C(=O)N1CCCC1)[C@@H](C)C(C)=O. The summed E-state index contributed by atoms with van der Waals surface area (Å²) in [5.41, 5.74) is 0. The van der Waals surface area contributed by atoms with Crippen molar-refractivity contribution >= 4 is 11.7 Å². The number of rotatable bonds is 4. The largest absolute Gasteiger partial charge is 0.341 e. The molecule has 0 saturated carbocycles. The highest BCUT2D eigenvalue weighted by atomic mass is 16.2. The fraction of sp³-hybridized carbons (Fsp3) is 0.818. The Morgan fingerprint density at radius 2 is 1.80 bits per heavy atom. The van der Waals surface area contributed by atoms with E-state index in [1.165, 1.54) is 6.92 Å². The highest BCUT2D eigenvalue weighted by Crippen LogP contribution is 2.13. The first-order valence-electron chi connectivity index (χ1n) is 5.54. The van der Waals surface area contributed by atoms with Crippen LogP contribution in [-0.4, -0.2) is 42.8 Å². The van der Waals surface area contributed by atoms with Gasteiger partial charge >= 0.3 is 0 Å². The van der Waals surface area contributed by atoms with E-state index in [9.17, 15) is 9.59 Å². The summed E-state index contributed by atoms with van der Waals surface area (Å²) in [5, 5.41) is 2.95. The maximum Gasteiger partial charge on any atom is 0.240 e. The van der Waals surface area contributed by atoms with Gasteiger partial charge in [0.2, 0.25) is 5.91 Å². The summed E-state index contributed by atoms with van der Waals surface area (Å²) in [6.45, 7) is 5.01. The number of amides is 1. The van der Waals surface area contributed by atoms with Crippen molar-refractivity contribution in [3.05, 3.63) is 0 Å². The summed E-state index contributed by atoms with van der Waals surface area (Å²) in [7, 11) is 1.73. The van der Waals surface area contributed by atoms with Crippen LogP contribution in [0.4, 0.5) is 0 Å². The van der Waals surface area contributed by atoms with Crippen molar-refractivity contribution in [2.24, 2.45) is 5.92 Å². The number of carbonyl (C=O) groups is 2. The number of nitrogens with zero attached hydrogens (tertiary/aromatic N) is 1. The van der Waals surface area contributed by atoms with E-state index in [4.69, 9.17) is 0 Å². The molecule has 1 rings (SSSR count). The molecule has 1 saturated heterocycles. The average molecular weight is 212 g/mol. The second-order valence-corrected chi connectivity index (χ2v) is 4.20. The van der Waals surface area contributed by atoms with Gasteiger partial charge in [0, 0.05) is 19.0 Å². The molecule has 0 bridgehead atoms. The molecule has 86 valence electrons. The highest BCUT2D eigenvalue weighted by molar-refractivity contribution is 5.89. The molecule has 4 heteroatoms. The van der Waals surface area contributed by atoms with E-state index in [0.29, 0.717) is 0 Å². The average Bonchev–Trinajstić information content (AvgIpc) is 2.71. The summed E-state index contributed by atoms with van der Waals surface area (Å²) < 4.78 is 0. The molecule has 0 spiro atoms. The van der Waals surface area contributed by atoms with Crippen LogP contribution < -0.4 is 5.32 Å². The molecular formula is C11H20N2O2. The quantitative estimate of drug-likeness (QED) is 0.735. The highest BCUT2D eigenvalue weighted by Gasteiger charge is 2.31. The number of likely N-dealkylation sites (tertiary alicyclic amines) is 1. The van der Waals surface area contributed by atoms with Crippen LogP contribution in [0.3, 0.4) is 0 Å². The van der Waals surface area contributed by atoms with Crippen LogP contribution in [0.25, 0.3) is 0 Å². The van der Waals surface area contributed by atoms with Gasteiger partial charge in [-0.2, -0.15) is 0 Å². The zero-order valence-electron chi connectivity index (χ0n) is 9.75. The van der Waals surface area contributed by atoms with Crippen LogP contribution in [0.5, 0.6) is 0 Å². The third kappa shape index (κ3) is 2.78. The van der Waals surface area contributed by atoms with Crippen LogP contribution >= 0.6 is 0 Å². The minimum atomic E-state index is -0.361. The number of ketones is 1. The Hall–Kier alpha value is -0.900. The van der Waals surface area contributed by atoms with Crippen molar-refractivity contribution in [2.45, 2.75) is 32.7 Å². The van der Waals surface area contributed by atoms with E-state index in [-0.39, 0.29) is 23.7 Å². The van der Waals surface area contributed by atoms with Crippen molar-refractivity contribution in [1.29, 1.82) is 0 Å². The Bertz CT molecular complexity index is 247. The Kier molecular flexibility index (Phi) is 4.27. The van der Waals surface area contributed by atoms with Crippen molar-refractivity contribution < 1.29 is 9.59 Å². The lowest BCUT2D eigenvalue weighted by molar-refractivity contribution is -0.136. The monoisotopic (exact) mass is 212 g/mol. The van der Waals surface area contributed by atoms with Crippen molar-refractivity contribution in [1.82, 2.24) is 10.2 Å². The topological polar surface area (TPSA) is 49.4 Å². The minimum absolute atomic E-state index is 0.0573. The predicted molar refractivity (Wildman–Crippen MR) is 58.5 cm³/mol. The first-order chi connectivity index (χ1) is 7.07. The molecule has 2 atom stereocenters. The maximum absolute atomic E-state index is 12.0. The molecule has 1 amide bonds. The Balaban J connectivity index is 2.64. The lowest BCUT2D eigenvalue weighted by Crippen LogP contribution is -2.49. The van der Waals surface area contributed by atoms with Gasteiger partial charge in [-0.05, 0) is 26.8 Å². The smallest absolute Gasteiger partial charge is 0.240 e. The maximum atomic E-state index is 12.0. The van der Waals surface area contributed by atoms with E-state index in [2.05, 4.69) is 5.32 Å². The number of Topliss-reactive ketones (excluding diaryl/α,β-unsaturated/α-hetero) is 1. The van der Waals surface area contributed by atoms with E-state index < -0.39 is 0 Å². The molecule has 0 radical (unpaired) electrons. The first-order valence-corrected chi connectivity index (χ1v) is 5.54.